The molecule has 0 radical (unpaired) electrons. The number of rotatable bonds is 6. The van der Waals surface area contributed by atoms with Crippen molar-refractivity contribution in [3.8, 4) is 5.75 Å². The minimum atomic E-state index is -0.136. The normalized spacial score (nSPS) is 11.8. The number of carbonyl (C=O) groups is 1. The topological polar surface area (TPSA) is 38.3 Å². The van der Waals surface area contributed by atoms with E-state index in [-0.39, 0.29) is 18.4 Å². The highest BCUT2D eigenvalue weighted by atomic mass is 32.1. The standard InChI is InChI=1S/C21H21NO2S/c1-15-9-11-16(12-10-15)21(19-8-5-13-25-19)22-20(23)14-17-6-3-4-7-18(17)24-2/h3-13,21H,14H2,1-2H3,(H,22,23)/t21-/m1/s1. The molecule has 128 valence electrons. The molecule has 0 saturated carbocycles. The Morgan fingerprint density at radius 3 is 2.52 bits per heavy atom. The van der Waals surface area contributed by atoms with E-state index in [2.05, 4.69) is 42.6 Å². The van der Waals surface area contributed by atoms with Gasteiger partial charge in [-0.2, -0.15) is 0 Å². The molecule has 1 aromatic heterocycles. The van der Waals surface area contributed by atoms with Gasteiger partial charge in [0.2, 0.25) is 5.91 Å². The SMILES string of the molecule is COc1ccccc1CC(=O)N[C@H](c1ccc(C)cc1)c1cccs1. The monoisotopic (exact) mass is 351 g/mol. The van der Waals surface area contributed by atoms with Crippen molar-refractivity contribution in [2.24, 2.45) is 0 Å². The smallest absolute Gasteiger partial charge is 0.225 e. The highest BCUT2D eigenvalue weighted by Crippen LogP contribution is 2.27. The van der Waals surface area contributed by atoms with Crippen LogP contribution in [0.4, 0.5) is 0 Å². The molecular weight excluding hydrogens is 330 g/mol. The van der Waals surface area contributed by atoms with E-state index >= 15 is 0 Å². The number of carbonyl (C=O) groups excluding carboxylic acids is 1. The number of hydrogen-bond donors (Lipinski definition) is 1. The Morgan fingerprint density at radius 1 is 1.08 bits per heavy atom. The lowest BCUT2D eigenvalue weighted by Crippen LogP contribution is -2.30. The fraction of sp³-hybridized carbons (Fsp3) is 0.190. The van der Waals surface area contributed by atoms with E-state index < -0.39 is 0 Å². The van der Waals surface area contributed by atoms with Crippen molar-refractivity contribution in [2.75, 3.05) is 7.11 Å². The fourth-order valence-electron chi connectivity index (χ4n) is 2.77. The first-order chi connectivity index (χ1) is 12.2. The maximum atomic E-state index is 12.7. The largest absolute Gasteiger partial charge is 0.496 e. The Balaban J connectivity index is 1.80. The molecule has 25 heavy (non-hydrogen) atoms. The minimum Gasteiger partial charge on any atom is -0.496 e. The zero-order valence-corrected chi connectivity index (χ0v) is 15.2. The van der Waals surface area contributed by atoms with E-state index in [0.29, 0.717) is 0 Å². The number of hydrogen-bond acceptors (Lipinski definition) is 3. The lowest BCUT2D eigenvalue weighted by molar-refractivity contribution is -0.120. The Labute approximate surface area is 152 Å². The molecule has 1 N–H and O–H groups in total. The van der Waals surface area contributed by atoms with Crippen LogP contribution in [0, 0.1) is 6.92 Å². The number of methoxy groups -OCH3 is 1. The summed E-state index contributed by atoms with van der Waals surface area (Å²) in [4.78, 5) is 13.8. The number of para-hydroxylation sites is 1. The summed E-state index contributed by atoms with van der Waals surface area (Å²) in [6, 6.07) is 19.8. The van der Waals surface area contributed by atoms with Gasteiger partial charge in [-0.15, -0.1) is 11.3 Å². The van der Waals surface area contributed by atoms with Gasteiger partial charge in [-0.1, -0.05) is 54.1 Å². The molecule has 1 heterocycles. The van der Waals surface area contributed by atoms with Crippen molar-refractivity contribution < 1.29 is 9.53 Å². The third-order valence-corrected chi connectivity index (χ3v) is 5.02. The van der Waals surface area contributed by atoms with E-state index in [9.17, 15) is 4.79 Å². The Hall–Kier alpha value is -2.59. The number of thiophene rings is 1. The van der Waals surface area contributed by atoms with Crippen molar-refractivity contribution >= 4 is 17.2 Å². The molecule has 1 atom stereocenters. The Bertz CT molecular complexity index is 825. The second kappa shape index (κ2) is 7.99. The van der Waals surface area contributed by atoms with Crippen molar-refractivity contribution in [3.05, 3.63) is 87.6 Å². The summed E-state index contributed by atoms with van der Waals surface area (Å²) in [5, 5.41) is 5.20. The van der Waals surface area contributed by atoms with E-state index in [0.717, 1.165) is 21.8 Å². The molecule has 3 nitrogen and oxygen atoms in total. The molecular formula is C21H21NO2S. The second-order valence-electron chi connectivity index (χ2n) is 5.92. The quantitative estimate of drug-likeness (QED) is 0.709. The minimum absolute atomic E-state index is 0.0246. The average molecular weight is 351 g/mol. The van der Waals surface area contributed by atoms with Crippen LogP contribution in [0.3, 0.4) is 0 Å². The van der Waals surface area contributed by atoms with Gasteiger partial charge in [0.05, 0.1) is 19.6 Å². The Kier molecular flexibility index (Phi) is 5.51. The maximum Gasteiger partial charge on any atom is 0.225 e. The summed E-state index contributed by atoms with van der Waals surface area (Å²) >= 11 is 1.65. The third-order valence-electron chi connectivity index (χ3n) is 4.09. The molecule has 3 rings (SSSR count). The van der Waals surface area contributed by atoms with Gasteiger partial charge in [0.1, 0.15) is 5.75 Å². The van der Waals surface area contributed by atoms with Crippen LogP contribution in [0.2, 0.25) is 0 Å². The predicted molar refractivity (Wildman–Crippen MR) is 102 cm³/mol. The van der Waals surface area contributed by atoms with Crippen LogP contribution in [0.1, 0.15) is 27.6 Å². The lowest BCUT2D eigenvalue weighted by atomic mass is 10.0. The maximum absolute atomic E-state index is 12.7. The van der Waals surface area contributed by atoms with Gasteiger partial charge in [-0.05, 0) is 30.0 Å². The van der Waals surface area contributed by atoms with Gasteiger partial charge in [-0.25, -0.2) is 0 Å². The van der Waals surface area contributed by atoms with Gasteiger partial charge in [0.25, 0.3) is 0 Å². The summed E-state index contributed by atoms with van der Waals surface area (Å²) in [7, 11) is 1.62. The van der Waals surface area contributed by atoms with Crippen molar-refractivity contribution in [3.63, 3.8) is 0 Å². The van der Waals surface area contributed by atoms with Crippen LogP contribution in [0.15, 0.2) is 66.0 Å². The van der Waals surface area contributed by atoms with E-state index in [1.807, 2.05) is 35.7 Å². The van der Waals surface area contributed by atoms with Crippen molar-refractivity contribution in [2.45, 2.75) is 19.4 Å². The summed E-state index contributed by atoms with van der Waals surface area (Å²) in [5.41, 5.74) is 3.17. The number of benzene rings is 2. The number of aryl methyl sites for hydroxylation is 1. The van der Waals surface area contributed by atoms with E-state index in [1.165, 1.54) is 5.56 Å². The molecule has 0 bridgehead atoms. The summed E-state index contributed by atoms with van der Waals surface area (Å²) in [5.74, 6) is 0.712. The number of amides is 1. The van der Waals surface area contributed by atoms with Gasteiger partial charge in [0, 0.05) is 10.4 Å². The van der Waals surface area contributed by atoms with E-state index in [4.69, 9.17) is 4.74 Å². The molecule has 0 unspecified atom stereocenters. The van der Waals surface area contributed by atoms with Crippen LogP contribution in [0.25, 0.3) is 0 Å². The molecule has 3 aromatic rings. The van der Waals surface area contributed by atoms with Crippen LogP contribution in [0.5, 0.6) is 5.75 Å². The van der Waals surface area contributed by atoms with Crippen LogP contribution < -0.4 is 10.1 Å². The molecule has 0 saturated heterocycles. The van der Waals surface area contributed by atoms with Gasteiger partial charge >= 0.3 is 0 Å². The average Bonchev–Trinajstić information content (AvgIpc) is 3.15. The molecule has 0 spiro atoms. The number of ether oxygens (including phenoxy) is 1. The molecule has 4 heteroatoms. The van der Waals surface area contributed by atoms with Crippen LogP contribution in [-0.4, -0.2) is 13.0 Å². The second-order valence-corrected chi connectivity index (χ2v) is 6.89. The summed E-state index contributed by atoms with van der Waals surface area (Å²) < 4.78 is 5.34. The molecule has 0 aliphatic rings. The molecule has 0 aliphatic carbocycles. The molecule has 1 amide bonds. The first-order valence-corrected chi connectivity index (χ1v) is 9.06. The highest BCUT2D eigenvalue weighted by Gasteiger charge is 2.18. The Morgan fingerprint density at radius 2 is 1.84 bits per heavy atom. The van der Waals surface area contributed by atoms with Crippen LogP contribution >= 0.6 is 11.3 Å². The first kappa shape index (κ1) is 17.2. The summed E-state index contributed by atoms with van der Waals surface area (Å²) in [6.07, 6.45) is 0.289. The summed E-state index contributed by atoms with van der Waals surface area (Å²) in [6.45, 7) is 2.06. The van der Waals surface area contributed by atoms with Crippen molar-refractivity contribution in [1.82, 2.24) is 5.32 Å². The zero-order chi connectivity index (χ0) is 17.6. The number of nitrogens with one attached hydrogen (secondary N) is 1. The molecule has 0 aliphatic heterocycles. The van der Waals surface area contributed by atoms with E-state index in [1.54, 1.807) is 18.4 Å². The van der Waals surface area contributed by atoms with Gasteiger partial charge in [0.15, 0.2) is 0 Å². The highest BCUT2D eigenvalue weighted by molar-refractivity contribution is 7.10. The third kappa shape index (κ3) is 4.28. The molecule has 0 fully saturated rings. The van der Waals surface area contributed by atoms with Crippen LogP contribution in [-0.2, 0) is 11.2 Å². The van der Waals surface area contributed by atoms with Gasteiger partial charge < -0.3 is 10.1 Å². The predicted octanol–water partition coefficient (Wildman–Crippen LogP) is 4.51. The fourth-order valence-corrected chi connectivity index (χ4v) is 3.57. The van der Waals surface area contributed by atoms with Gasteiger partial charge in [-0.3, -0.25) is 4.79 Å². The van der Waals surface area contributed by atoms with Crippen molar-refractivity contribution in [1.29, 1.82) is 0 Å². The zero-order valence-electron chi connectivity index (χ0n) is 14.4. The molecule has 2 aromatic carbocycles. The lowest BCUT2D eigenvalue weighted by Gasteiger charge is -2.19. The first-order valence-electron chi connectivity index (χ1n) is 8.18.